The zero-order chi connectivity index (χ0) is 23.9. The monoisotopic (exact) mass is 471 g/mol. The van der Waals surface area contributed by atoms with Gasteiger partial charge in [-0.1, -0.05) is 18.2 Å². The van der Waals surface area contributed by atoms with Gasteiger partial charge in [-0.25, -0.2) is 13.5 Å². The molecule has 1 aliphatic carbocycles. The number of hydrogen-bond donors (Lipinski definition) is 3. The molecule has 3 N–H and O–H groups in total. The first kappa shape index (κ1) is 22.5. The number of hydrogen-bond acceptors (Lipinski definition) is 7. The van der Waals surface area contributed by atoms with E-state index in [1.807, 2.05) is 13.0 Å². The van der Waals surface area contributed by atoms with Crippen LogP contribution in [0.4, 0.5) is 14.7 Å². The zero-order valence-electron chi connectivity index (χ0n) is 19.1. The van der Waals surface area contributed by atoms with E-state index in [0.29, 0.717) is 33.9 Å². The third-order valence-electron chi connectivity index (χ3n) is 6.74. The summed E-state index contributed by atoms with van der Waals surface area (Å²) < 4.78 is 32.7. The van der Waals surface area contributed by atoms with Crippen molar-refractivity contribution in [2.75, 3.05) is 12.4 Å². The Morgan fingerprint density at radius 1 is 1.29 bits per heavy atom. The Hall–Kier alpha value is -3.34. The van der Waals surface area contributed by atoms with E-state index in [0.717, 1.165) is 43.2 Å². The quantitative estimate of drug-likeness (QED) is 0.371. The smallest absolute Gasteiger partial charge is 0.258 e. The van der Waals surface area contributed by atoms with Crippen LogP contribution in [-0.2, 0) is 6.54 Å². The number of nitrogens with one attached hydrogen (secondary N) is 2. The molecular weight excluding hydrogens is 444 g/mol. The van der Waals surface area contributed by atoms with E-state index in [-0.39, 0.29) is 6.04 Å². The second kappa shape index (κ2) is 8.79. The average molecular weight is 472 g/mol. The van der Waals surface area contributed by atoms with Gasteiger partial charge >= 0.3 is 0 Å². The Bertz CT molecular complexity index is 1310. The largest absolute Gasteiger partial charge is 0.480 e. The minimum atomic E-state index is -2.53. The number of alkyl halides is 2. The highest BCUT2D eigenvalue weighted by molar-refractivity contribution is 5.99. The fourth-order valence-electron chi connectivity index (χ4n) is 4.67. The predicted octanol–water partition coefficient (Wildman–Crippen LogP) is 4.14. The van der Waals surface area contributed by atoms with Gasteiger partial charge in [-0.3, -0.25) is 0 Å². The highest BCUT2D eigenvalue weighted by Crippen LogP contribution is 2.36. The zero-order valence-corrected chi connectivity index (χ0v) is 19.1. The Labute approximate surface area is 194 Å². The summed E-state index contributed by atoms with van der Waals surface area (Å²) in [4.78, 5) is 12.4. The van der Waals surface area contributed by atoms with Crippen molar-refractivity contribution in [1.82, 2.24) is 29.9 Å². The average Bonchev–Trinajstić information content (AvgIpc) is 3.44. The van der Waals surface area contributed by atoms with Crippen LogP contribution >= 0.6 is 0 Å². The molecule has 5 rings (SSSR count). The first-order valence-corrected chi connectivity index (χ1v) is 11.4. The number of halogens is 2. The van der Waals surface area contributed by atoms with Crippen molar-refractivity contribution in [2.24, 2.45) is 0 Å². The SMILES string of the molecule is CC[C@]1(O)CC[C@@H](Nc2nc(OC)c3c(-c4ccc5nnn(CC(F)F)c5c4)c[nH]c3n2)CC1. The Balaban J connectivity index is 1.46. The van der Waals surface area contributed by atoms with E-state index in [2.05, 4.69) is 30.6 Å². The summed E-state index contributed by atoms with van der Waals surface area (Å²) in [5.41, 5.74) is 2.66. The molecule has 180 valence electrons. The third-order valence-corrected chi connectivity index (χ3v) is 6.74. The van der Waals surface area contributed by atoms with Crippen molar-refractivity contribution in [3.8, 4) is 17.0 Å². The molecule has 3 heterocycles. The van der Waals surface area contributed by atoms with E-state index in [1.54, 1.807) is 25.4 Å². The number of ether oxygens (including phenoxy) is 1. The molecule has 11 heteroatoms. The lowest BCUT2D eigenvalue weighted by Crippen LogP contribution is -2.38. The van der Waals surface area contributed by atoms with Crippen LogP contribution in [0.3, 0.4) is 0 Å². The second-order valence-electron chi connectivity index (χ2n) is 8.85. The molecule has 0 atom stereocenters. The van der Waals surface area contributed by atoms with Gasteiger partial charge in [0.05, 0.1) is 23.6 Å². The van der Waals surface area contributed by atoms with E-state index in [4.69, 9.17) is 4.74 Å². The summed E-state index contributed by atoms with van der Waals surface area (Å²) in [6.07, 6.45) is 3.19. The first-order valence-electron chi connectivity index (χ1n) is 11.4. The normalized spacial score (nSPS) is 20.9. The molecule has 0 saturated heterocycles. The topological polar surface area (TPSA) is 114 Å². The van der Waals surface area contributed by atoms with E-state index in [1.165, 1.54) is 4.68 Å². The molecule has 4 aromatic rings. The van der Waals surface area contributed by atoms with E-state index in [9.17, 15) is 13.9 Å². The van der Waals surface area contributed by atoms with Crippen molar-refractivity contribution in [2.45, 2.75) is 63.6 Å². The number of aromatic nitrogens is 6. The van der Waals surface area contributed by atoms with Crippen molar-refractivity contribution >= 4 is 28.0 Å². The number of rotatable bonds is 7. The predicted molar refractivity (Wildman–Crippen MR) is 124 cm³/mol. The van der Waals surface area contributed by atoms with Crippen LogP contribution in [0.25, 0.3) is 33.2 Å². The van der Waals surface area contributed by atoms with Gasteiger partial charge in [-0.15, -0.1) is 5.10 Å². The van der Waals surface area contributed by atoms with Gasteiger partial charge in [0.2, 0.25) is 11.8 Å². The number of aromatic amines is 1. The van der Waals surface area contributed by atoms with Gasteiger partial charge in [0, 0.05) is 17.8 Å². The summed E-state index contributed by atoms with van der Waals surface area (Å²) in [6.45, 7) is 1.49. The molecule has 0 spiro atoms. The molecule has 0 aliphatic heterocycles. The highest BCUT2D eigenvalue weighted by Gasteiger charge is 2.32. The summed E-state index contributed by atoms with van der Waals surface area (Å²) in [5.74, 6) is 0.864. The fraction of sp³-hybridized carbons (Fsp3) is 0.478. The van der Waals surface area contributed by atoms with Gasteiger partial charge in [-0.2, -0.15) is 9.97 Å². The number of nitrogens with zero attached hydrogens (tertiary/aromatic N) is 5. The van der Waals surface area contributed by atoms with Crippen LogP contribution in [0.1, 0.15) is 39.0 Å². The number of anilines is 1. The van der Waals surface area contributed by atoms with E-state index >= 15 is 0 Å². The number of H-pyrrole nitrogens is 1. The minimum absolute atomic E-state index is 0.174. The van der Waals surface area contributed by atoms with Crippen LogP contribution in [0.15, 0.2) is 24.4 Å². The molecule has 34 heavy (non-hydrogen) atoms. The number of methoxy groups -OCH3 is 1. The van der Waals surface area contributed by atoms with Crippen LogP contribution < -0.4 is 10.1 Å². The Morgan fingerprint density at radius 3 is 2.79 bits per heavy atom. The summed E-state index contributed by atoms with van der Waals surface area (Å²) in [6, 6.07) is 5.56. The van der Waals surface area contributed by atoms with Crippen molar-refractivity contribution < 1.29 is 18.6 Å². The maximum absolute atomic E-state index is 12.9. The third kappa shape index (κ3) is 4.15. The van der Waals surface area contributed by atoms with Crippen LogP contribution in [-0.4, -0.2) is 60.2 Å². The van der Waals surface area contributed by atoms with Crippen molar-refractivity contribution in [3.05, 3.63) is 24.4 Å². The fourth-order valence-corrected chi connectivity index (χ4v) is 4.67. The van der Waals surface area contributed by atoms with Crippen LogP contribution in [0, 0.1) is 0 Å². The lowest BCUT2D eigenvalue weighted by atomic mass is 9.80. The number of fused-ring (bicyclic) bond motifs is 2. The van der Waals surface area contributed by atoms with Gasteiger partial charge < -0.3 is 20.1 Å². The molecule has 0 amide bonds. The van der Waals surface area contributed by atoms with Crippen molar-refractivity contribution in [1.29, 1.82) is 0 Å². The molecule has 0 radical (unpaired) electrons. The van der Waals surface area contributed by atoms with Crippen LogP contribution in [0.5, 0.6) is 5.88 Å². The van der Waals surface area contributed by atoms with Gasteiger partial charge in [0.15, 0.2) is 0 Å². The van der Waals surface area contributed by atoms with Gasteiger partial charge in [-0.05, 0) is 49.8 Å². The first-order chi connectivity index (χ1) is 16.4. The van der Waals surface area contributed by atoms with Crippen LogP contribution in [0.2, 0.25) is 0 Å². The second-order valence-corrected chi connectivity index (χ2v) is 8.85. The molecule has 9 nitrogen and oxygen atoms in total. The molecule has 1 fully saturated rings. The number of aliphatic hydroxyl groups is 1. The minimum Gasteiger partial charge on any atom is -0.480 e. The lowest BCUT2D eigenvalue weighted by molar-refractivity contribution is -0.00198. The van der Waals surface area contributed by atoms with E-state index < -0.39 is 18.6 Å². The maximum Gasteiger partial charge on any atom is 0.258 e. The van der Waals surface area contributed by atoms with Crippen molar-refractivity contribution in [3.63, 3.8) is 0 Å². The summed E-state index contributed by atoms with van der Waals surface area (Å²) in [7, 11) is 1.55. The molecule has 0 bridgehead atoms. The summed E-state index contributed by atoms with van der Waals surface area (Å²) in [5, 5.41) is 22.4. The van der Waals surface area contributed by atoms with Gasteiger partial charge in [0.1, 0.15) is 17.7 Å². The molecule has 1 aliphatic rings. The molecular formula is C23H27F2N7O2. The molecule has 0 unspecified atom stereocenters. The number of benzene rings is 1. The van der Waals surface area contributed by atoms with Gasteiger partial charge in [0.25, 0.3) is 6.43 Å². The maximum atomic E-state index is 12.9. The molecule has 3 aromatic heterocycles. The Kier molecular flexibility index (Phi) is 5.80. The standard InChI is InChI=1S/C23H27F2N7O2/c1-3-23(33)8-6-14(7-9-23)27-22-28-20-19(21(29-22)34-2)15(11-26-20)13-4-5-16-17(10-13)32(31-30-16)12-18(24)25/h4-5,10-11,14,18,33H,3,6-9,12H2,1-2H3,(H2,26,27,28,29)/t14-,23+. The lowest BCUT2D eigenvalue weighted by Gasteiger charge is -2.35. The Morgan fingerprint density at radius 2 is 2.09 bits per heavy atom. The molecule has 1 aromatic carbocycles. The highest BCUT2D eigenvalue weighted by atomic mass is 19.3. The molecule has 1 saturated carbocycles. The summed E-state index contributed by atoms with van der Waals surface area (Å²) >= 11 is 0.